The van der Waals surface area contributed by atoms with E-state index in [1.54, 1.807) is 32.4 Å². The summed E-state index contributed by atoms with van der Waals surface area (Å²) < 4.78 is 10.4. The number of amides is 2. The van der Waals surface area contributed by atoms with Crippen LogP contribution in [0.4, 0.5) is 10.5 Å². The maximum absolute atomic E-state index is 12.1. The summed E-state index contributed by atoms with van der Waals surface area (Å²) in [5.74, 6) is 1.18. The van der Waals surface area contributed by atoms with E-state index in [-0.39, 0.29) is 6.03 Å². The first-order chi connectivity index (χ1) is 12.0. The SMILES string of the molecule is COc1ccc(NC(=O)NCc2cccc(CN(C)C)c2)cc1OC. The summed E-state index contributed by atoms with van der Waals surface area (Å²) in [5, 5.41) is 5.65. The molecule has 2 N–H and O–H groups in total. The average Bonchev–Trinajstić information content (AvgIpc) is 2.59. The van der Waals surface area contributed by atoms with Crippen LogP contribution in [0.2, 0.25) is 0 Å². The molecule has 6 nitrogen and oxygen atoms in total. The van der Waals surface area contributed by atoms with Crippen molar-refractivity contribution in [1.82, 2.24) is 10.2 Å². The molecule has 0 aromatic heterocycles. The molecule has 2 rings (SSSR count). The Balaban J connectivity index is 1.92. The molecule has 0 radical (unpaired) electrons. The van der Waals surface area contributed by atoms with E-state index in [4.69, 9.17) is 9.47 Å². The van der Waals surface area contributed by atoms with Crippen LogP contribution in [0.25, 0.3) is 0 Å². The summed E-state index contributed by atoms with van der Waals surface area (Å²) in [4.78, 5) is 14.2. The Morgan fingerprint density at radius 1 is 1.00 bits per heavy atom. The molecule has 0 saturated carbocycles. The van der Waals surface area contributed by atoms with E-state index in [1.165, 1.54) is 5.56 Å². The van der Waals surface area contributed by atoms with Crippen molar-refractivity contribution in [2.75, 3.05) is 33.6 Å². The number of methoxy groups -OCH3 is 2. The Bertz CT molecular complexity index is 717. The highest BCUT2D eigenvalue weighted by molar-refractivity contribution is 5.89. The number of rotatable bonds is 7. The van der Waals surface area contributed by atoms with Crippen LogP contribution in [0, 0.1) is 0 Å². The van der Waals surface area contributed by atoms with Gasteiger partial charge in [0.25, 0.3) is 0 Å². The number of hydrogen-bond donors (Lipinski definition) is 2. The lowest BCUT2D eigenvalue weighted by Gasteiger charge is -2.13. The Labute approximate surface area is 148 Å². The van der Waals surface area contributed by atoms with E-state index < -0.39 is 0 Å². The lowest BCUT2D eigenvalue weighted by Crippen LogP contribution is -2.28. The Kier molecular flexibility index (Phi) is 6.65. The van der Waals surface area contributed by atoms with Gasteiger partial charge in [-0.3, -0.25) is 0 Å². The van der Waals surface area contributed by atoms with E-state index in [0.717, 1.165) is 12.1 Å². The van der Waals surface area contributed by atoms with Crippen molar-refractivity contribution in [3.63, 3.8) is 0 Å². The predicted molar refractivity (Wildman–Crippen MR) is 99.2 cm³/mol. The van der Waals surface area contributed by atoms with Crippen LogP contribution in [-0.2, 0) is 13.1 Å². The van der Waals surface area contributed by atoms with Crippen LogP contribution >= 0.6 is 0 Å². The first-order valence-corrected chi connectivity index (χ1v) is 8.01. The molecular formula is C19H25N3O3. The maximum atomic E-state index is 12.1. The molecule has 2 aromatic carbocycles. The molecule has 0 aliphatic heterocycles. The summed E-state index contributed by atoms with van der Waals surface area (Å²) in [5.41, 5.74) is 2.91. The van der Waals surface area contributed by atoms with Crippen LogP contribution in [0.5, 0.6) is 11.5 Å². The van der Waals surface area contributed by atoms with Gasteiger partial charge in [-0.15, -0.1) is 0 Å². The van der Waals surface area contributed by atoms with E-state index in [2.05, 4.69) is 27.7 Å². The second-order valence-electron chi connectivity index (χ2n) is 5.94. The van der Waals surface area contributed by atoms with Crippen LogP contribution in [0.1, 0.15) is 11.1 Å². The van der Waals surface area contributed by atoms with Gasteiger partial charge in [0.1, 0.15) is 0 Å². The Morgan fingerprint density at radius 2 is 1.72 bits per heavy atom. The molecule has 6 heteroatoms. The van der Waals surface area contributed by atoms with Crippen LogP contribution < -0.4 is 20.1 Å². The molecule has 0 saturated heterocycles. The summed E-state index contributed by atoms with van der Waals surface area (Å²) in [6, 6.07) is 13.1. The summed E-state index contributed by atoms with van der Waals surface area (Å²) >= 11 is 0. The van der Waals surface area contributed by atoms with Crippen molar-refractivity contribution in [3.05, 3.63) is 53.6 Å². The van der Waals surface area contributed by atoms with E-state index in [0.29, 0.717) is 23.7 Å². The molecule has 0 aliphatic carbocycles. The van der Waals surface area contributed by atoms with Gasteiger partial charge in [0.05, 0.1) is 14.2 Å². The first kappa shape index (κ1) is 18.6. The molecule has 0 fully saturated rings. The topological polar surface area (TPSA) is 62.8 Å². The fourth-order valence-electron chi connectivity index (χ4n) is 2.47. The van der Waals surface area contributed by atoms with E-state index in [1.807, 2.05) is 26.2 Å². The van der Waals surface area contributed by atoms with Gasteiger partial charge in [0, 0.05) is 24.8 Å². The molecule has 134 valence electrons. The highest BCUT2D eigenvalue weighted by Gasteiger charge is 2.07. The zero-order chi connectivity index (χ0) is 18.2. The molecule has 2 amide bonds. The number of nitrogens with zero attached hydrogens (tertiary/aromatic N) is 1. The molecular weight excluding hydrogens is 318 g/mol. The van der Waals surface area contributed by atoms with Crippen molar-refractivity contribution in [1.29, 1.82) is 0 Å². The molecule has 0 aliphatic rings. The normalized spacial score (nSPS) is 10.4. The van der Waals surface area contributed by atoms with Gasteiger partial charge < -0.3 is 25.0 Å². The fourth-order valence-corrected chi connectivity index (χ4v) is 2.47. The first-order valence-electron chi connectivity index (χ1n) is 8.01. The minimum absolute atomic E-state index is 0.273. The summed E-state index contributed by atoms with van der Waals surface area (Å²) in [6.45, 7) is 1.33. The highest BCUT2D eigenvalue weighted by Crippen LogP contribution is 2.29. The smallest absolute Gasteiger partial charge is 0.319 e. The van der Waals surface area contributed by atoms with Gasteiger partial charge >= 0.3 is 6.03 Å². The van der Waals surface area contributed by atoms with Crippen molar-refractivity contribution in [2.45, 2.75) is 13.1 Å². The predicted octanol–water partition coefficient (Wildman–Crippen LogP) is 3.09. The minimum Gasteiger partial charge on any atom is -0.493 e. The Hall–Kier alpha value is -2.73. The van der Waals surface area contributed by atoms with Gasteiger partial charge in [-0.05, 0) is 37.4 Å². The number of carbonyl (C=O) groups is 1. The second kappa shape index (κ2) is 8.94. The minimum atomic E-state index is -0.273. The number of carbonyl (C=O) groups excluding carboxylic acids is 1. The van der Waals surface area contributed by atoms with Crippen LogP contribution in [0.15, 0.2) is 42.5 Å². The van der Waals surface area contributed by atoms with Crippen molar-refractivity contribution >= 4 is 11.7 Å². The fraction of sp³-hybridized carbons (Fsp3) is 0.316. The number of benzene rings is 2. The van der Waals surface area contributed by atoms with Gasteiger partial charge in [-0.25, -0.2) is 4.79 Å². The van der Waals surface area contributed by atoms with Gasteiger partial charge in [-0.1, -0.05) is 24.3 Å². The molecule has 25 heavy (non-hydrogen) atoms. The van der Waals surface area contributed by atoms with Crippen LogP contribution in [0.3, 0.4) is 0 Å². The van der Waals surface area contributed by atoms with Gasteiger partial charge in [-0.2, -0.15) is 0 Å². The molecule has 0 bridgehead atoms. The molecule has 2 aromatic rings. The summed E-state index contributed by atoms with van der Waals surface area (Å²) in [6.07, 6.45) is 0. The van der Waals surface area contributed by atoms with Gasteiger partial charge in [0.15, 0.2) is 11.5 Å². The van der Waals surface area contributed by atoms with Crippen molar-refractivity contribution in [3.8, 4) is 11.5 Å². The molecule has 0 unspecified atom stereocenters. The van der Waals surface area contributed by atoms with Gasteiger partial charge in [0.2, 0.25) is 0 Å². The molecule has 0 atom stereocenters. The zero-order valence-corrected chi connectivity index (χ0v) is 15.1. The third kappa shape index (κ3) is 5.69. The number of hydrogen-bond acceptors (Lipinski definition) is 4. The lowest BCUT2D eigenvalue weighted by atomic mass is 10.1. The lowest BCUT2D eigenvalue weighted by molar-refractivity contribution is 0.251. The third-order valence-electron chi connectivity index (χ3n) is 3.58. The van der Waals surface area contributed by atoms with Crippen molar-refractivity contribution < 1.29 is 14.3 Å². The quantitative estimate of drug-likeness (QED) is 0.811. The zero-order valence-electron chi connectivity index (χ0n) is 15.1. The number of ether oxygens (including phenoxy) is 2. The Morgan fingerprint density at radius 3 is 2.40 bits per heavy atom. The maximum Gasteiger partial charge on any atom is 0.319 e. The second-order valence-corrected chi connectivity index (χ2v) is 5.94. The monoisotopic (exact) mass is 343 g/mol. The van der Waals surface area contributed by atoms with Crippen LogP contribution in [-0.4, -0.2) is 39.2 Å². The summed E-state index contributed by atoms with van der Waals surface area (Å²) in [7, 11) is 7.19. The third-order valence-corrected chi connectivity index (χ3v) is 3.58. The number of urea groups is 1. The highest BCUT2D eigenvalue weighted by atomic mass is 16.5. The van der Waals surface area contributed by atoms with E-state index >= 15 is 0 Å². The van der Waals surface area contributed by atoms with E-state index in [9.17, 15) is 4.79 Å². The van der Waals surface area contributed by atoms with Crippen molar-refractivity contribution in [2.24, 2.45) is 0 Å². The number of anilines is 1. The molecule has 0 spiro atoms. The average molecular weight is 343 g/mol. The standard InChI is InChI=1S/C19H25N3O3/c1-22(2)13-15-7-5-6-14(10-15)12-20-19(23)21-16-8-9-17(24-3)18(11-16)25-4/h5-11H,12-13H2,1-4H3,(H2,20,21,23). The number of nitrogens with one attached hydrogen (secondary N) is 2. The molecule has 0 heterocycles. The largest absolute Gasteiger partial charge is 0.493 e.